The van der Waals surface area contributed by atoms with Crippen molar-refractivity contribution in [2.24, 2.45) is 5.10 Å². The van der Waals surface area contributed by atoms with Gasteiger partial charge >= 0.3 is 0 Å². The lowest BCUT2D eigenvalue weighted by atomic mass is 9.95. The molecule has 0 aromatic heterocycles. The number of hydrazone groups is 1. The van der Waals surface area contributed by atoms with Crippen molar-refractivity contribution in [1.29, 1.82) is 0 Å². The minimum Gasteiger partial charge on any atom is -0.507 e. The van der Waals surface area contributed by atoms with Crippen LogP contribution in [0.2, 0.25) is 0 Å². The molecule has 146 valence electrons. The number of hydrogen-bond donors (Lipinski definition) is 1. The fraction of sp³-hybridized carbons (Fsp3) is 0.208. The highest BCUT2D eigenvalue weighted by Gasteiger charge is 2.41. The number of aromatic hydroxyl groups is 1. The lowest BCUT2D eigenvalue weighted by Gasteiger charge is -2.38. The minimum atomic E-state index is -0.342. The first-order chi connectivity index (χ1) is 14.1. The normalized spacial score (nSPS) is 19.8. The molecule has 0 saturated heterocycles. The van der Waals surface area contributed by atoms with E-state index in [-0.39, 0.29) is 18.0 Å². The van der Waals surface area contributed by atoms with Crippen molar-refractivity contribution < 1.29 is 14.6 Å². The molecule has 0 saturated carbocycles. The molecule has 0 fully saturated rings. The number of hydrogen-bond acceptors (Lipinski definition) is 5. The maximum Gasteiger partial charge on any atom is 0.213 e. The lowest BCUT2D eigenvalue weighted by molar-refractivity contribution is -0.0190. The second kappa shape index (κ2) is 6.85. The second-order valence-corrected chi connectivity index (χ2v) is 7.45. The van der Waals surface area contributed by atoms with E-state index in [1.165, 1.54) is 0 Å². The van der Waals surface area contributed by atoms with Crippen LogP contribution in [0, 0.1) is 6.92 Å². The number of phenolic OH excluding ortho intramolecular Hbond substituents is 1. The highest BCUT2D eigenvalue weighted by molar-refractivity contribution is 6.04. The summed E-state index contributed by atoms with van der Waals surface area (Å²) in [6.45, 7) is 2.02. The molecule has 0 amide bonds. The van der Waals surface area contributed by atoms with Gasteiger partial charge in [-0.2, -0.15) is 5.10 Å². The van der Waals surface area contributed by atoms with E-state index in [0.29, 0.717) is 6.42 Å². The molecule has 0 spiro atoms. The Labute approximate surface area is 169 Å². The molecule has 2 atom stereocenters. The van der Waals surface area contributed by atoms with Crippen LogP contribution in [0.25, 0.3) is 0 Å². The first-order valence-corrected chi connectivity index (χ1v) is 9.69. The van der Waals surface area contributed by atoms with Crippen LogP contribution in [-0.4, -0.2) is 22.9 Å². The van der Waals surface area contributed by atoms with Crippen LogP contribution in [0.15, 0.2) is 71.8 Å². The van der Waals surface area contributed by atoms with Gasteiger partial charge in [0.1, 0.15) is 17.2 Å². The number of benzene rings is 3. The number of nitrogens with zero attached hydrogens (tertiary/aromatic N) is 2. The first kappa shape index (κ1) is 17.6. The van der Waals surface area contributed by atoms with Gasteiger partial charge in [0.15, 0.2) is 0 Å². The topological polar surface area (TPSA) is 54.3 Å². The molecule has 2 aliphatic heterocycles. The SMILES string of the molecule is COc1ccc(C2Oc3ccccc3C3CC(c4cc(C)ccc4O)=NN32)cc1. The molecule has 0 bridgehead atoms. The summed E-state index contributed by atoms with van der Waals surface area (Å²) in [6.07, 6.45) is 0.370. The van der Waals surface area contributed by atoms with E-state index in [2.05, 4.69) is 6.07 Å². The Balaban J connectivity index is 1.59. The number of phenols is 1. The molecule has 5 heteroatoms. The van der Waals surface area contributed by atoms with Gasteiger partial charge in [-0.05, 0) is 49.4 Å². The van der Waals surface area contributed by atoms with E-state index in [1.54, 1.807) is 13.2 Å². The smallest absolute Gasteiger partial charge is 0.213 e. The van der Waals surface area contributed by atoms with Crippen LogP contribution < -0.4 is 9.47 Å². The second-order valence-electron chi connectivity index (χ2n) is 7.45. The maximum atomic E-state index is 10.4. The molecule has 1 N–H and O–H groups in total. The van der Waals surface area contributed by atoms with Crippen molar-refractivity contribution in [3.8, 4) is 17.2 Å². The van der Waals surface area contributed by atoms with E-state index >= 15 is 0 Å². The number of methoxy groups -OCH3 is 1. The number of para-hydroxylation sites is 1. The third-order valence-electron chi connectivity index (χ3n) is 5.56. The monoisotopic (exact) mass is 386 g/mol. The Morgan fingerprint density at radius 3 is 2.66 bits per heavy atom. The molecule has 3 aromatic carbocycles. The number of rotatable bonds is 3. The highest BCUT2D eigenvalue weighted by Crippen LogP contribution is 2.48. The Morgan fingerprint density at radius 1 is 1.07 bits per heavy atom. The molecule has 2 heterocycles. The molecular formula is C24H22N2O3. The molecule has 2 aliphatic rings. The third kappa shape index (κ3) is 2.99. The van der Waals surface area contributed by atoms with Crippen LogP contribution in [-0.2, 0) is 0 Å². The van der Waals surface area contributed by atoms with Crippen molar-refractivity contribution in [2.75, 3.05) is 7.11 Å². The largest absolute Gasteiger partial charge is 0.507 e. The molecule has 0 radical (unpaired) electrons. The third-order valence-corrected chi connectivity index (χ3v) is 5.56. The summed E-state index contributed by atoms with van der Waals surface area (Å²) < 4.78 is 11.6. The highest BCUT2D eigenvalue weighted by atomic mass is 16.5. The van der Waals surface area contributed by atoms with Crippen LogP contribution in [0.4, 0.5) is 0 Å². The van der Waals surface area contributed by atoms with E-state index in [9.17, 15) is 5.11 Å². The Hall–Kier alpha value is -3.47. The van der Waals surface area contributed by atoms with Gasteiger partial charge in [0.25, 0.3) is 0 Å². The zero-order valence-corrected chi connectivity index (χ0v) is 16.4. The van der Waals surface area contributed by atoms with Crippen molar-refractivity contribution in [2.45, 2.75) is 25.6 Å². The van der Waals surface area contributed by atoms with Crippen LogP contribution in [0.3, 0.4) is 0 Å². The van der Waals surface area contributed by atoms with Gasteiger partial charge in [-0.1, -0.05) is 29.8 Å². The number of ether oxygens (including phenoxy) is 2. The standard InChI is InChI=1S/C24H22N2O3/c1-15-7-12-22(27)19(13-15)20-14-21-18-5-3-4-6-23(18)29-24(26(21)25-20)16-8-10-17(28-2)11-9-16/h3-13,21,24,27H,14H2,1-2H3. The van der Waals surface area contributed by atoms with Gasteiger partial charge in [0, 0.05) is 23.1 Å². The molecule has 5 rings (SSSR count). The molecular weight excluding hydrogens is 364 g/mol. The minimum absolute atomic E-state index is 0.0574. The average Bonchev–Trinajstić information content (AvgIpc) is 3.20. The molecule has 29 heavy (non-hydrogen) atoms. The first-order valence-electron chi connectivity index (χ1n) is 9.69. The van der Waals surface area contributed by atoms with E-state index in [0.717, 1.165) is 39.5 Å². The Kier molecular flexibility index (Phi) is 4.16. The number of fused-ring (bicyclic) bond motifs is 3. The van der Waals surface area contributed by atoms with Crippen molar-refractivity contribution in [1.82, 2.24) is 5.01 Å². The summed E-state index contributed by atoms with van der Waals surface area (Å²) in [6, 6.07) is 21.7. The zero-order chi connectivity index (χ0) is 20.0. The van der Waals surface area contributed by atoms with E-state index in [4.69, 9.17) is 14.6 Å². The van der Waals surface area contributed by atoms with Gasteiger partial charge in [0.2, 0.25) is 6.23 Å². The summed E-state index contributed by atoms with van der Waals surface area (Å²) in [5.74, 6) is 1.93. The Morgan fingerprint density at radius 2 is 1.86 bits per heavy atom. The fourth-order valence-electron chi connectivity index (χ4n) is 4.07. The zero-order valence-electron chi connectivity index (χ0n) is 16.4. The summed E-state index contributed by atoms with van der Waals surface area (Å²) >= 11 is 0. The molecule has 0 aliphatic carbocycles. The van der Waals surface area contributed by atoms with Gasteiger partial charge in [-0.25, -0.2) is 5.01 Å². The quantitative estimate of drug-likeness (QED) is 0.692. The van der Waals surface area contributed by atoms with Gasteiger partial charge < -0.3 is 14.6 Å². The molecule has 2 unspecified atom stereocenters. The summed E-state index contributed by atoms with van der Waals surface area (Å²) in [5.41, 5.74) is 4.86. The summed E-state index contributed by atoms with van der Waals surface area (Å²) in [7, 11) is 1.66. The van der Waals surface area contributed by atoms with Gasteiger partial charge in [-0.15, -0.1) is 0 Å². The number of aryl methyl sites for hydroxylation is 1. The summed E-state index contributed by atoms with van der Waals surface area (Å²) in [5, 5.41) is 17.4. The average molecular weight is 386 g/mol. The fourth-order valence-corrected chi connectivity index (χ4v) is 4.07. The van der Waals surface area contributed by atoms with E-state index in [1.807, 2.05) is 66.5 Å². The predicted molar refractivity (Wildman–Crippen MR) is 111 cm³/mol. The summed E-state index contributed by atoms with van der Waals surface area (Å²) in [4.78, 5) is 0. The predicted octanol–water partition coefficient (Wildman–Crippen LogP) is 4.95. The van der Waals surface area contributed by atoms with Gasteiger partial charge in [0.05, 0.1) is 18.9 Å². The Bertz CT molecular complexity index is 1090. The van der Waals surface area contributed by atoms with Gasteiger partial charge in [-0.3, -0.25) is 0 Å². The lowest BCUT2D eigenvalue weighted by Crippen LogP contribution is -2.33. The van der Waals surface area contributed by atoms with Crippen LogP contribution in [0.5, 0.6) is 17.2 Å². The molecule has 5 nitrogen and oxygen atoms in total. The van der Waals surface area contributed by atoms with Crippen molar-refractivity contribution in [3.05, 3.63) is 89.0 Å². The van der Waals surface area contributed by atoms with Crippen molar-refractivity contribution >= 4 is 5.71 Å². The van der Waals surface area contributed by atoms with Crippen molar-refractivity contribution in [3.63, 3.8) is 0 Å². The van der Waals surface area contributed by atoms with E-state index < -0.39 is 0 Å². The molecule has 3 aromatic rings. The van der Waals surface area contributed by atoms with Crippen LogP contribution in [0.1, 0.15) is 40.9 Å². The maximum absolute atomic E-state index is 10.4. The van der Waals surface area contributed by atoms with Crippen LogP contribution >= 0.6 is 0 Å².